The van der Waals surface area contributed by atoms with Crippen molar-refractivity contribution in [2.75, 3.05) is 20.8 Å². The first-order chi connectivity index (χ1) is 7.96. The first-order valence-corrected chi connectivity index (χ1v) is 5.81. The normalized spacial score (nSPS) is 11.1. The molecule has 0 heterocycles. The SMILES string of the molecule is COc1ccc(OCCC(C)(C)C)cc1OC. The van der Waals surface area contributed by atoms with Crippen molar-refractivity contribution < 1.29 is 14.2 Å². The number of hydrogen-bond acceptors (Lipinski definition) is 3. The highest BCUT2D eigenvalue weighted by Gasteiger charge is 2.10. The highest BCUT2D eigenvalue weighted by molar-refractivity contribution is 5.45. The summed E-state index contributed by atoms with van der Waals surface area (Å²) in [4.78, 5) is 0. The minimum atomic E-state index is 0.288. The van der Waals surface area contributed by atoms with Crippen LogP contribution in [0.25, 0.3) is 0 Å². The molecule has 0 fully saturated rings. The maximum absolute atomic E-state index is 5.69. The molecule has 0 atom stereocenters. The van der Waals surface area contributed by atoms with E-state index in [4.69, 9.17) is 14.2 Å². The maximum atomic E-state index is 5.69. The average molecular weight is 238 g/mol. The summed E-state index contributed by atoms with van der Waals surface area (Å²) in [5.41, 5.74) is 0.288. The molecule has 3 nitrogen and oxygen atoms in total. The molecule has 0 aliphatic heterocycles. The molecule has 0 bridgehead atoms. The van der Waals surface area contributed by atoms with Crippen molar-refractivity contribution >= 4 is 0 Å². The molecular formula is C14H22O3. The molecule has 0 unspecified atom stereocenters. The number of ether oxygens (including phenoxy) is 3. The minimum absolute atomic E-state index is 0.288. The van der Waals surface area contributed by atoms with Crippen LogP contribution in [-0.4, -0.2) is 20.8 Å². The Labute approximate surface area is 104 Å². The third kappa shape index (κ3) is 4.55. The van der Waals surface area contributed by atoms with Gasteiger partial charge >= 0.3 is 0 Å². The third-order valence-electron chi connectivity index (χ3n) is 2.48. The monoisotopic (exact) mass is 238 g/mol. The van der Waals surface area contributed by atoms with Crippen LogP contribution in [0.4, 0.5) is 0 Å². The fraction of sp³-hybridized carbons (Fsp3) is 0.571. The summed E-state index contributed by atoms with van der Waals surface area (Å²) in [6.45, 7) is 7.31. The smallest absolute Gasteiger partial charge is 0.164 e. The van der Waals surface area contributed by atoms with Gasteiger partial charge in [0.25, 0.3) is 0 Å². The fourth-order valence-electron chi connectivity index (χ4n) is 1.38. The van der Waals surface area contributed by atoms with E-state index in [0.717, 1.165) is 17.9 Å². The van der Waals surface area contributed by atoms with E-state index in [1.54, 1.807) is 14.2 Å². The molecule has 96 valence electrons. The summed E-state index contributed by atoms with van der Waals surface area (Å²) in [5.74, 6) is 2.23. The molecule has 1 rings (SSSR count). The van der Waals surface area contributed by atoms with Gasteiger partial charge in [0.05, 0.1) is 20.8 Å². The molecule has 0 aliphatic rings. The molecule has 0 N–H and O–H groups in total. The summed E-state index contributed by atoms with van der Waals surface area (Å²) < 4.78 is 16.1. The summed E-state index contributed by atoms with van der Waals surface area (Å²) >= 11 is 0. The van der Waals surface area contributed by atoms with Gasteiger partial charge in [0.15, 0.2) is 11.5 Å². The van der Waals surface area contributed by atoms with Crippen LogP contribution in [0.2, 0.25) is 0 Å². The molecule has 1 aromatic rings. The summed E-state index contributed by atoms with van der Waals surface area (Å²) in [6, 6.07) is 5.59. The van der Waals surface area contributed by atoms with E-state index in [0.29, 0.717) is 12.4 Å². The van der Waals surface area contributed by atoms with Crippen molar-refractivity contribution in [2.24, 2.45) is 5.41 Å². The zero-order chi connectivity index (χ0) is 12.9. The van der Waals surface area contributed by atoms with Gasteiger partial charge in [-0.3, -0.25) is 0 Å². The van der Waals surface area contributed by atoms with Crippen molar-refractivity contribution in [2.45, 2.75) is 27.2 Å². The number of methoxy groups -OCH3 is 2. The van der Waals surface area contributed by atoms with Crippen LogP contribution in [0.15, 0.2) is 18.2 Å². The molecule has 17 heavy (non-hydrogen) atoms. The van der Waals surface area contributed by atoms with Crippen LogP contribution in [0, 0.1) is 5.41 Å². The Morgan fingerprint density at radius 2 is 1.65 bits per heavy atom. The topological polar surface area (TPSA) is 27.7 Å². The van der Waals surface area contributed by atoms with Crippen LogP contribution in [0.1, 0.15) is 27.2 Å². The van der Waals surface area contributed by atoms with E-state index in [-0.39, 0.29) is 5.41 Å². The summed E-state index contributed by atoms with van der Waals surface area (Å²) in [7, 11) is 3.24. The second kappa shape index (κ2) is 5.80. The quantitative estimate of drug-likeness (QED) is 0.785. The largest absolute Gasteiger partial charge is 0.493 e. The van der Waals surface area contributed by atoms with Crippen LogP contribution >= 0.6 is 0 Å². The first kappa shape index (κ1) is 13.7. The second-order valence-corrected chi connectivity index (χ2v) is 5.18. The van der Waals surface area contributed by atoms with E-state index in [9.17, 15) is 0 Å². The lowest BCUT2D eigenvalue weighted by molar-refractivity contribution is 0.241. The predicted octanol–water partition coefficient (Wildman–Crippen LogP) is 3.52. The zero-order valence-electron chi connectivity index (χ0n) is 11.4. The molecule has 3 heteroatoms. The van der Waals surface area contributed by atoms with Crippen molar-refractivity contribution in [3.05, 3.63) is 18.2 Å². The van der Waals surface area contributed by atoms with E-state index in [1.165, 1.54) is 0 Å². The van der Waals surface area contributed by atoms with E-state index in [1.807, 2.05) is 18.2 Å². The van der Waals surface area contributed by atoms with Crippen LogP contribution < -0.4 is 14.2 Å². The average Bonchev–Trinajstić information content (AvgIpc) is 2.27. The number of hydrogen-bond donors (Lipinski definition) is 0. The van der Waals surface area contributed by atoms with Gasteiger partial charge in [0, 0.05) is 6.07 Å². The van der Waals surface area contributed by atoms with Gasteiger partial charge in [-0.2, -0.15) is 0 Å². The molecule has 1 aromatic carbocycles. The Hall–Kier alpha value is -1.38. The Bertz CT molecular complexity index is 353. The van der Waals surface area contributed by atoms with Gasteiger partial charge < -0.3 is 14.2 Å². The summed E-state index contributed by atoms with van der Waals surface area (Å²) in [6.07, 6.45) is 1.02. The molecule has 0 saturated heterocycles. The molecule has 0 aromatic heterocycles. The van der Waals surface area contributed by atoms with Crippen molar-refractivity contribution in [1.82, 2.24) is 0 Å². The van der Waals surface area contributed by atoms with Crippen molar-refractivity contribution in [3.63, 3.8) is 0 Å². The van der Waals surface area contributed by atoms with Gasteiger partial charge in [-0.1, -0.05) is 20.8 Å². The highest BCUT2D eigenvalue weighted by Crippen LogP contribution is 2.31. The first-order valence-electron chi connectivity index (χ1n) is 5.81. The lowest BCUT2D eigenvalue weighted by Crippen LogP contribution is -2.11. The molecule has 0 aliphatic carbocycles. The Morgan fingerprint density at radius 1 is 1.00 bits per heavy atom. The molecule has 0 amide bonds. The molecule has 0 spiro atoms. The second-order valence-electron chi connectivity index (χ2n) is 5.18. The molecular weight excluding hydrogens is 216 g/mol. The maximum Gasteiger partial charge on any atom is 0.164 e. The van der Waals surface area contributed by atoms with Gasteiger partial charge in [-0.25, -0.2) is 0 Å². The Balaban J connectivity index is 2.60. The zero-order valence-corrected chi connectivity index (χ0v) is 11.4. The van der Waals surface area contributed by atoms with Gasteiger partial charge in [0.1, 0.15) is 5.75 Å². The predicted molar refractivity (Wildman–Crippen MR) is 69.1 cm³/mol. The third-order valence-corrected chi connectivity index (χ3v) is 2.48. The highest BCUT2D eigenvalue weighted by atomic mass is 16.5. The Morgan fingerprint density at radius 3 is 2.18 bits per heavy atom. The van der Waals surface area contributed by atoms with Gasteiger partial charge in [0.2, 0.25) is 0 Å². The van der Waals surface area contributed by atoms with E-state index in [2.05, 4.69) is 20.8 Å². The lowest BCUT2D eigenvalue weighted by atomic mass is 9.93. The van der Waals surface area contributed by atoms with Gasteiger partial charge in [-0.15, -0.1) is 0 Å². The van der Waals surface area contributed by atoms with Crippen LogP contribution in [0.3, 0.4) is 0 Å². The van der Waals surface area contributed by atoms with E-state index >= 15 is 0 Å². The minimum Gasteiger partial charge on any atom is -0.493 e. The fourth-order valence-corrected chi connectivity index (χ4v) is 1.38. The van der Waals surface area contributed by atoms with Gasteiger partial charge in [-0.05, 0) is 24.0 Å². The van der Waals surface area contributed by atoms with E-state index < -0.39 is 0 Å². The molecule has 0 saturated carbocycles. The van der Waals surface area contributed by atoms with Crippen LogP contribution in [0.5, 0.6) is 17.2 Å². The lowest BCUT2D eigenvalue weighted by Gasteiger charge is -2.18. The Kier molecular flexibility index (Phi) is 4.67. The summed E-state index contributed by atoms with van der Waals surface area (Å²) in [5, 5.41) is 0. The molecule has 0 radical (unpaired) electrons. The van der Waals surface area contributed by atoms with Crippen LogP contribution in [-0.2, 0) is 0 Å². The van der Waals surface area contributed by atoms with Crippen molar-refractivity contribution in [1.29, 1.82) is 0 Å². The number of benzene rings is 1. The van der Waals surface area contributed by atoms with Crippen molar-refractivity contribution in [3.8, 4) is 17.2 Å². The number of rotatable bonds is 5. The standard InChI is InChI=1S/C14H22O3/c1-14(2,3)8-9-17-11-6-7-12(15-4)13(10-11)16-5/h6-7,10H,8-9H2,1-5H3.